The van der Waals surface area contributed by atoms with Crippen LogP contribution in [0.15, 0.2) is 46.6 Å². The molecule has 4 aliphatic carbocycles. The highest BCUT2D eigenvalue weighted by Crippen LogP contribution is 2.38. The van der Waals surface area contributed by atoms with Crippen LogP contribution in [0.3, 0.4) is 0 Å². The number of allylic oxidation sites excluding steroid dienone is 2. The summed E-state index contributed by atoms with van der Waals surface area (Å²) in [5, 5.41) is 28.0. The average molecular weight is 1070 g/mol. The number of halogens is 2. The van der Waals surface area contributed by atoms with Gasteiger partial charge in [-0.2, -0.15) is 10.2 Å². The van der Waals surface area contributed by atoms with Crippen molar-refractivity contribution in [3.63, 3.8) is 0 Å². The summed E-state index contributed by atoms with van der Waals surface area (Å²) in [5.74, 6) is -0.397. The number of carbonyl (C=O) groups is 5. The molecule has 4 aromatic rings. The lowest BCUT2D eigenvalue weighted by Gasteiger charge is -2.26. The molecule has 3 saturated carbocycles. The monoisotopic (exact) mass is 1070 g/mol. The smallest absolute Gasteiger partial charge is 0.306 e. The number of aromatic amines is 2. The summed E-state index contributed by atoms with van der Waals surface area (Å²) in [5.41, 5.74) is 21.7. The number of nitrogens with zero attached hydrogens (tertiary/aromatic N) is 2. The van der Waals surface area contributed by atoms with Gasteiger partial charge in [-0.1, -0.05) is 83.8 Å². The predicted octanol–water partition coefficient (Wildman–Crippen LogP) is 11.0. The largest absolute Gasteiger partial charge is 0.481 e. The van der Waals surface area contributed by atoms with Gasteiger partial charge in [0, 0.05) is 56.8 Å². The lowest BCUT2D eigenvalue weighted by atomic mass is 9.80. The van der Waals surface area contributed by atoms with E-state index in [9.17, 15) is 24.0 Å². The molecule has 0 radical (unpaired) electrons. The Hall–Kier alpha value is -5.81. The second-order valence-electron chi connectivity index (χ2n) is 21.4. The van der Waals surface area contributed by atoms with Crippen LogP contribution in [0, 0.1) is 29.6 Å². The first kappa shape index (κ1) is 56.9. The van der Waals surface area contributed by atoms with Crippen LogP contribution in [0.5, 0.6) is 0 Å². The minimum Gasteiger partial charge on any atom is -0.481 e. The van der Waals surface area contributed by atoms with Gasteiger partial charge < -0.3 is 36.8 Å². The van der Waals surface area contributed by atoms with E-state index in [1.165, 1.54) is 68.9 Å². The minimum atomic E-state index is -0.628. The second kappa shape index (κ2) is 26.3. The van der Waals surface area contributed by atoms with Gasteiger partial charge in [0.1, 0.15) is 0 Å². The highest BCUT2D eigenvalue weighted by atomic mass is 35.5. The first-order valence-corrected chi connectivity index (χ1v) is 27.2. The van der Waals surface area contributed by atoms with E-state index in [1.54, 1.807) is 24.6 Å². The molecule has 16 nitrogen and oxygen atoms in total. The summed E-state index contributed by atoms with van der Waals surface area (Å²) in [6.45, 7) is 5.58. The molecular formula is C57H76Cl2N10O6. The Morgan fingerprint density at radius 2 is 1.09 bits per heavy atom. The van der Waals surface area contributed by atoms with Crippen molar-refractivity contribution in [3.8, 4) is 0 Å². The Morgan fingerprint density at radius 3 is 1.56 bits per heavy atom. The molecule has 4 amide bonds. The normalized spacial score (nSPS) is 20.0. The van der Waals surface area contributed by atoms with Gasteiger partial charge in [-0.15, -0.1) is 24.8 Å². The molecule has 3 fully saturated rings. The maximum absolute atomic E-state index is 13.0. The van der Waals surface area contributed by atoms with E-state index >= 15 is 0 Å². The number of carbonyl (C=O) groups excluding carboxylic acids is 4. The zero-order valence-electron chi connectivity index (χ0n) is 43.4. The van der Waals surface area contributed by atoms with Gasteiger partial charge in [0.15, 0.2) is 0 Å². The summed E-state index contributed by atoms with van der Waals surface area (Å²) in [6.07, 6.45) is 30.6. The quantitative estimate of drug-likeness (QED) is 0.0737. The fourth-order valence-electron chi connectivity index (χ4n) is 12.2. The molecule has 3 aliphatic heterocycles. The molecule has 0 spiro atoms. The number of H-pyrrole nitrogens is 2. The second-order valence-corrected chi connectivity index (χ2v) is 21.4. The van der Waals surface area contributed by atoms with Crippen molar-refractivity contribution in [2.45, 2.75) is 148 Å². The first-order chi connectivity index (χ1) is 35.4. The molecule has 7 aliphatic rings. The van der Waals surface area contributed by atoms with Gasteiger partial charge in [0.25, 0.3) is 11.8 Å². The number of aromatic nitrogens is 2. The third-order valence-electron chi connectivity index (χ3n) is 16.6. The fourth-order valence-corrected chi connectivity index (χ4v) is 12.2. The van der Waals surface area contributed by atoms with Crippen molar-refractivity contribution in [1.82, 2.24) is 26.1 Å². The van der Waals surface area contributed by atoms with Crippen LogP contribution in [0.4, 0.5) is 11.4 Å². The Balaban J connectivity index is 0.000000178. The van der Waals surface area contributed by atoms with E-state index in [-0.39, 0.29) is 66.2 Å². The van der Waals surface area contributed by atoms with Crippen LogP contribution >= 0.6 is 24.8 Å². The Labute approximate surface area is 452 Å². The molecular weight excluding hydrogens is 992 g/mol. The highest BCUT2D eigenvalue weighted by Gasteiger charge is 2.31. The number of rotatable bonds is 10. The van der Waals surface area contributed by atoms with Crippen molar-refractivity contribution in [2.75, 3.05) is 23.7 Å². The predicted molar refractivity (Wildman–Crippen MR) is 304 cm³/mol. The van der Waals surface area contributed by atoms with Crippen molar-refractivity contribution >= 4 is 111 Å². The van der Waals surface area contributed by atoms with E-state index in [0.29, 0.717) is 34.3 Å². The molecule has 2 aromatic carbocycles. The van der Waals surface area contributed by atoms with Gasteiger partial charge in [-0.3, -0.25) is 24.0 Å². The third kappa shape index (κ3) is 13.2. The molecule has 5 heterocycles. The highest BCUT2D eigenvalue weighted by molar-refractivity contribution is 6.19. The van der Waals surface area contributed by atoms with Crippen LogP contribution in [-0.4, -0.2) is 76.2 Å². The standard InChI is InChI=1S/C25H30N4O2.C23H28N6O2.C9H16O2.2ClH/c1-15(16-8-4-2-5-9-16)24(30)27-18-12-19-22-20(14-26-29-25(19)31)23(28-21(22)13-18)17-10-6-3-7-11-17;24-20(13-4-2-1-3-5-13)23(31)27-15-10-16-19-17(12-26-29-22(16)30)21(28-18(19)11-15)14-6-8-25-9-7-14;1-7(9(10)11)8-5-3-2-4-6-8;;/h10,12-16,28H,2-9,11H2,1H3,(H,27,30)(H,29,31);6,10-13,20,25,28H,1-5,7-9,24H2,(H,27,31)(H,29,30);7-8H,2-6H2,1H3,(H,10,11);2*1H/t15-;20-;7-;;/m111../s1. The summed E-state index contributed by atoms with van der Waals surface area (Å²) in [6, 6.07) is 6.80. The summed E-state index contributed by atoms with van der Waals surface area (Å²) < 4.78 is 0. The van der Waals surface area contributed by atoms with E-state index in [0.717, 1.165) is 128 Å². The van der Waals surface area contributed by atoms with Crippen LogP contribution in [0.25, 0.3) is 33.0 Å². The van der Waals surface area contributed by atoms with Crippen molar-refractivity contribution < 1.29 is 29.1 Å². The van der Waals surface area contributed by atoms with Crippen molar-refractivity contribution in [2.24, 2.45) is 45.5 Å². The number of nitrogens with two attached hydrogens (primary N) is 1. The van der Waals surface area contributed by atoms with Gasteiger partial charge in [0.2, 0.25) is 11.8 Å². The SMILES string of the molecule is C[C@@H](C(=O)Nc1cc2c3c(c(C4=CCCCC4)[nH]c3c1)C=NNC2=O)C1CCCCC1.C[C@@H](C(=O)O)C1CCCCC1.Cl.Cl.N[C@@H](C(=O)Nc1cc2c3c(c(C4=CCNCC4)[nH]c3c1)C=NNC2=O)C1CCCCC1. The third-order valence-corrected chi connectivity index (χ3v) is 16.6. The van der Waals surface area contributed by atoms with Crippen LogP contribution in [0.1, 0.15) is 185 Å². The maximum atomic E-state index is 13.0. The average Bonchev–Trinajstić information content (AvgIpc) is 3.87. The molecule has 0 saturated heterocycles. The fraction of sp³-hybridized carbons (Fsp3) is 0.526. The summed E-state index contributed by atoms with van der Waals surface area (Å²) >= 11 is 0. The molecule has 75 heavy (non-hydrogen) atoms. The zero-order valence-corrected chi connectivity index (χ0v) is 45.0. The Bertz CT molecular complexity index is 2670. The van der Waals surface area contributed by atoms with Crippen molar-refractivity contribution in [1.29, 1.82) is 0 Å². The molecule has 11 rings (SSSR count). The number of hydrogen-bond acceptors (Lipinski definition) is 9. The van der Waals surface area contributed by atoms with Gasteiger partial charge in [-0.25, -0.2) is 10.9 Å². The van der Waals surface area contributed by atoms with Crippen molar-refractivity contribution in [3.05, 3.63) is 70.1 Å². The number of amides is 4. The van der Waals surface area contributed by atoms with Crippen LogP contribution in [-0.2, 0) is 14.4 Å². The lowest BCUT2D eigenvalue weighted by molar-refractivity contribution is -0.143. The maximum Gasteiger partial charge on any atom is 0.306 e. The van der Waals surface area contributed by atoms with Gasteiger partial charge >= 0.3 is 5.97 Å². The molecule has 3 atom stereocenters. The van der Waals surface area contributed by atoms with Gasteiger partial charge in [0.05, 0.1) is 46.9 Å². The lowest BCUT2D eigenvalue weighted by Crippen LogP contribution is -2.42. The van der Waals surface area contributed by atoms with E-state index in [4.69, 9.17) is 10.8 Å². The number of nitrogens with one attached hydrogen (secondary N) is 7. The van der Waals surface area contributed by atoms with E-state index in [1.807, 2.05) is 26.0 Å². The number of carboxylic acids is 1. The number of carboxylic acid groups (broad SMARTS) is 1. The molecule has 2 aromatic heterocycles. The Kier molecular flexibility index (Phi) is 20.0. The van der Waals surface area contributed by atoms with E-state index < -0.39 is 12.0 Å². The number of hydrazone groups is 2. The zero-order chi connectivity index (χ0) is 51.0. The summed E-state index contributed by atoms with van der Waals surface area (Å²) in [4.78, 5) is 68.8. The molecule has 0 bridgehead atoms. The minimum absolute atomic E-state index is 0. The molecule has 10 N–H and O–H groups in total. The molecule has 0 unspecified atom stereocenters. The number of aliphatic carboxylic acids is 1. The topological polar surface area (TPSA) is 248 Å². The first-order valence-electron chi connectivity index (χ1n) is 27.2. The van der Waals surface area contributed by atoms with Gasteiger partial charge in [-0.05, 0) is 130 Å². The molecule has 18 heteroatoms. The Morgan fingerprint density at radius 1 is 0.613 bits per heavy atom. The number of benzene rings is 2. The van der Waals surface area contributed by atoms with E-state index in [2.05, 4.69) is 59.1 Å². The molecule has 404 valence electrons. The number of anilines is 2. The number of hydrogen-bond donors (Lipinski definition) is 9. The summed E-state index contributed by atoms with van der Waals surface area (Å²) in [7, 11) is 0. The van der Waals surface area contributed by atoms with Crippen LogP contribution in [0.2, 0.25) is 0 Å². The van der Waals surface area contributed by atoms with Crippen LogP contribution < -0.4 is 32.5 Å².